The van der Waals surface area contributed by atoms with Gasteiger partial charge in [-0.3, -0.25) is 9.69 Å². The number of rotatable bonds is 3. The van der Waals surface area contributed by atoms with Gasteiger partial charge in [-0.1, -0.05) is 25.5 Å². The number of aromatic amines is 1. The highest BCUT2D eigenvalue weighted by molar-refractivity contribution is 5.92. The van der Waals surface area contributed by atoms with Gasteiger partial charge in [0.1, 0.15) is 5.69 Å². The van der Waals surface area contributed by atoms with Crippen molar-refractivity contribution in [2.24, 2.45) is 17.3 Å². The molecule has 124 valence electrons. The summed E-state index contributed by atoms with van der Waals surface area (Å²) in [6.45, 7) is 9.62. The number of hydrogen-bond acceptors (Lipinski definition) is 2. The lowest BCUT2D eigenvalue weighted by molar-refractivity contribution is -0.0118. The number of carbonyl (C=O) groups is 1. The molecule has 2 bridgehead atoms. The monoisotopic (exact) mass is 313 g/mol. The number of hydrogen-bond donors (Lipinski definition) is 1. The first-order valence-electron chi connectivity index (χ1n) is 8.89. The number of H-pyrrole nitrogens is 1. The van der Waals surface area contributed by atoms with E-state index in [9.17, 15) is 4.79 Å². The van der Waals surface area contributed by atoms with Crippen LogP contribution in [-0.4, -0.2) is 53.4 Å². The average molecular weight is 313 g/mol. The van der Waals surface area contributed by atoms with Crippen LogP contribution in [0.25, 0.3) is 0 Å². The molecule has 0 radical (unpaired) electrons. The minimum Gasteiger partial charge on any atom is -0.357 e. The van der Waals surface area contributed by atoms with E-state index in [0.29, 0.717) is 11.1 Å². The highest BCUT2D eigenvalue weighted by Crippen LogP contribution is 2.59. The largest absolute Gasteiger partial charge is 0.357 e. The molecule has 1 aromatic rings. The van der Waals surface area contributed by atoms with Gasteiger partial charge < -0.3 is 9.88 Å². The van der Waals surface area contributed by atoms with E-state index < -0.39 is 0 Å². The molecule has 2 fully saturated rings. The van der Waals surface area contributed by atoms with E-state index in [-0.39, 0.29) is 5.91 Å². The van der Waals surface area contributed by atoms with Crippen LogP contribution in [0.2, 0.25) is 0 Å². The summed E-state index contributed by atoms with van der Waals surface area (Å²) in [4.78, 5) is 19.9. The molecule has 1 saturated heterocycles. The van der Waals surface area contributed by atoms with Crippen LogP contribution in [-0.2, 0) is 0 Å². The zero-order valence-electron chi connectivity index (χ0n) is 14.2. The van der Waals surface area contributed by atoms with E-state index in [1.807, 2.05) is 23.2 Å². The van der Waals surface area contributed by atoms with Crippen molar-refractivity contribution in [1.29, 1.82) is 0 Å². The first-order chi connectivity index (χ1) is 11.1. The highest BCUT2D eigenvalue weighted by atomic mass is 16.2. The van der Waals surface area contributed by atoms with Crippen molar-refractivity contribution in [3.05, 3.63) is 35.7 Å². The third kappa shape index (κ3) is 2.53. The fourth-order valence-corrected chi connectivity index (χ4v) is 4.66. The Kier molecular flexibility index (Phi) is 3.60. The Hall–Kier alpha value is -1.55. The van der Waals surface area contributed by atoms with Crippen LogP contribution in [0.1, 0.15) is 37.2 Å². The molecular weight excluding hydrogens is 286 g/mol. The number of nitrogens with zero attached hydrogens (tertiary/aromatic N) is 2. The average Bonchev–Trinajstić information content (AvgIpc) is 3.09. The molecule has 4 heteroatoms. The summed E-state index contributed by atoms with van der Waals surface area (Å²) in [7, 11) is 0. The quantitative estimate of drug-likeness (QED) is 0.872. The predicted octanol–water partition coefficient (Wildman–Crippen LogP) is 2.76. The molecule has 2 heterocycles. The molecular formula is C19H27N3O. The summed E-state index contributed by atoms with van der Waals surface area (Å²) in [6.07, 6.45) is 6.97. The Morgan fingerprint density at radius 2 is 2.09 bits per heavy atom. The van der Waals surface area contributed by atoms with E-state index in [0.717, 1.165) is 44.6 Å². The Morgan fingerprint density at radius 1 is 1.30 bits per heavy atom. The van der Waals surface area contributed by atoms with E-state index in [1.54, 1.807) is 5.57 Å². The van der Waals surface area contributed by atoms with Gasteiger partial charge >= 0.3 is 0 Å². The van der Waals surface area contributed by atoms with E-state index >= 15 is 0 Å². The topological polar surface area (TPSA) is 39.3 Å². The molecule has 0 unspecified atom stereocenters. The van der Waals surface area contributed by atoms with Crippen LogP contribution in [0, 0.1) is 17.3 Å². The van der Waals surface area contributed by atoms with E-state index in [4.69, 9.17) is 0 Å². The predicted molar refractivity (Wildman–Crippen MR) is 91.2 cm³/mol. The van der Waals surface area contributed by atoms with Gasteiger partial charge in [-0.2, -0.15) is 0 Å². The Labute approximate surface area is 138 Å². The molecule has 0 aromatic carbocycles. The molecule has 23 heavy (non-hydrogen) atoms. The van der Waals surface area contributed by atoms with Crippen molar-refractivity contribution in [2.75, 3.05) is 32.7 Å². The Morgan fingerprint density at radius 3 is 2.70 bits per heavy atom. The second kappa shape index (κ2) is 5.52. The zero-order chi connectivity index (χ0) is 16.0. The number of amides is 1. The molecule has 5 rings (SSSR count). The molecule has 4 nitrogen and oxygen atoms in total. The number of aromatic nitrogens is 1. The molecule has 1 saturated carbocycles. The molecule has 0 spiro atoms. The minimum atomic E-state index is 0.134. The van der Waals surface area contributed by atoms with Gasteiger partial charge in [0.15, 0.2) is 0 Å². The van der Waals surface area contributed by atoms with Gasteiger partial charge in [0.2, 0.25) is 0 Å². The van der Waals surface area contributed by atoms with Crippen LogP contribution < -0.4 is 0 Å². The van der Waals surface area contributed by atoms with Crippen LogP contribution in [0.5, 0.6) is 0 Å². The molecule has 1 N–H and O–H groups in total. The van der Waals surface area contributed by atoms with Crippen molar-refractivity contribution in [1.82, 2.24) is 14.8 Å². The number of fused-ring (bicyclic) bond motifs is 1. The third-order valence-corrected chi connectivity index (χ3v) is 6.48. The lowest BCUT2D eigenvalue weighted by Crippen LogP contribution is -2.52. The first-order valence-corrected chi connectivity index (χ1v) is 8.89. The fourth-order valence-electron chi connectivity index (χ4n) is 4.66. The van der Waals surface area contributed by atoms with Crippen molar-refractivity contribution in [3.63, 3.8) is 0 Å². The summed E-state index contributed by atoms with van der Waals surface area (Å²) in [6, 6.07) is 3.74. The molecule has 1 amide bonds. The second-order valence-corrected chi connectivity index (χ2v) is 7.97. The van der Waals surface area contributed by atoms with Gasteiger partial charge in [-0.15, -0.1) is 0 Å². The lowest BCUT2D eigenvalue weighted by Gasteiger charge is -2.57. The van der Waals surface area contributed by atoms with Gasteiger partial charge in [-0.25, -0.2) is 0 Å². The third-order valence-electron chi connectivity index (χ3n) is 6.48. The Balaban J connectivity index is 1.32. The van der Waals surface area contributed by atoms with Crippen LogP contribution in [0.4, 0.5) is 0 Å². The summed E-state index contributed by atoms with van der Waals surface area (Å²) in [5, 5.41) is 0. The molecule has 2 atom stereocenters. The molecule has 3 aliphatic carbocycles. The standard InChI is InChI=1S/C19H27N3O/c1-19(2)15-6-5-14(16(19)12-15)13-21-8-10-22(11-9-21)18(23)17-4-3-7-20-17/h3-5,7,15-16,20H,6,8-13H2,1-2H3/t15-,16-/m0/s1. The van der Waals surface area contributed by atoms with Crippen molar-refractivity contribution in [2.45, 2.75) is 26.7 Å². The van der Waals surface area contributed by atoms with Gasteiger partial charge in [0.25, 0.3) is 5.91 Å². The van der Waals surface area contributed by atoms with E-state index in [1.165, 1.54) is 12.8 Å². The van der Waals surface area contributed by atoms with Crippen molar-refractivity contribution >= 4 is 5.91 Å². The summed E-state index contributed by atoms with van der Waals surface area (Å²) in [5.41, 5.74) is 2.87. The number of piperazine rings is 1. The van der Waals surface area contributed by atoms with Crippen molar-refractivity contribution in [3.8, 4) is 0 Å². The van der Waals surface area contributed by atoms with Gasteiger partial charge in [0, 0.05) is 38.9 Å². The van der Waals surface area contributed by atoms with Crippen molar-refractivity contribution < 1.29 is 4.79 Å². The normalized spacial score (nSPS) is 29.8. The SMILES string of the molecule is CC1(C)[C@H]2CC=C(CN3CCN(C(=O)c4ccc[nH]4)CC3)[C@@H]1C2. The number of carbonyl (C=O) groups excluding carboxylic acids is 1. The first kappa shape index (κ1) is 15.0. The lowest BCUT2D eigenvalue weighted by atomic mass is 9.49. The maximum atomic E-state index is 12.4. The number of nitrogens with one attached hydrogen (secondary N) is 1. The van der Waals surface area contributed by atoms with Gasteiger partial charge in [-0.05, 0) is 42.2 Å². The maximum absolute atomic E-state index is 12.4. The van der Waals surface area contributed by atoms with Crippen LogP contribution in [0.3, 0.4) is 0 Å². The summed E-state index contributed by atoms with van der Waals surface area (Å²) in [5.74, 6) is 1.83. The molecule has 1 aliphatic heterocycles. The second-order valence-electron chi connectivity index (χ2n) is 7.97. The fraction of sp³-hybridized carbons (Fsp3) is 0.632. The minimum absolute atomic E-state index is 0.134. The highest BCUT2D eigenvalue weighted by Gasteiger charge is 2.51. The van der Waals surface area contributed by atoms with E-state index in [2.05, 4.69) is 29.8 Å². The summed E-state index contributed by atoms with van der Waals surface area (Å²) < 4.78 is 0. The van der Waals surface area contributed by atoms with Crippen LogP contribution >= 0.6 is 0 Å². The van der Waals surface area contributed by atoms with Crippen LogP contribution in [0.15, 0.2) is 30.0 Å². The summed E-state index contributed by atoms with van der Waals surface area (Å²) >= 11 is 0. The zero-order valence-corrected chi connectivity index (χ0v) is 14.2. The molecule has 4 aliphatic rings. The smallest absolute Gasteiger partial charge is 0.270 e. The maximum Gasteiger partial charge on any atom is 0.270 e. The van der Waals surface area contributed by atoms with Gasteiger partial charge in [0.05, 0.1) is 0 Å². The Bertz CT molecular complexity index is 609. The number of allylic oxidation sites excluding steroid dienone is 1. The molecule has 1 aromatic heterocycles.